The zero-order valence-corrected chi connectivity index (χ0v) is 11.8. The minimum atomic E-state index is -0.317. The molecule has 3 nitrogen and oxygen atoms in total. The highest BCUT2D eigenvalue weighted by molar-refractivity contribution is 9.10. The van der Waals surface area contributed by atoms with Crippen molar-refractivity contribution in [2.75, 3.05) is 11.9 Å². The zero-order chi connectivity index (χ0) is 13.0. The molecule has 0 aliphatic carbocycles. The molecule has 0 bridgehead atoms. The Kier molecular flexibility index (Phi) is 3.99. The topological polar surface area (TPSA) is 50.9 Å². The fourth-order valence-electron chi connectivity index (χ4n) is 1.78. The number of nitrogens with one attached hydrogen (secondary N) is 1. The summed E-state index contributed by atoms with van der Waals surface area (Å²) >= 11 is 3.37. The maximum Gasteiger partial charge on any atom is 0.126 e. The predicted octanol–water partition coefficient (Wildman–Crippen LogP) is 3.13. The Bertz CT molecular complexity index is 498. The van der Waals surface area contributed by atoms with Gasteiger partial charge in [0, 0.05) is 17.2 Å². The van der Waals surface area contributed by atoms with Gasteiger partial charge in [0.1, 0.15) is 5.82 Å². The minimum Gasteiger partial charge on any atom is -0.360 e. The summed E-state index contributed by atoms with van der Waals surface area (Å²) in [4.78, 5) is 4.32. The van der Waals surface area contributed by atoms with Gasteiger partial charge in [-0.3, -0.25) is 0 Å². The van der Waals surface area contributed by atoms with Crippen LogP contribution in [-0.4, -0.2) is 11.5 Å². The third kappa shape index (κ3) is 2.89. The molecule has 0 fully saturated rings. The maximum atomic E-state index is 5.92. The second-order valence-electron chi connectivity index (χ2n) is 4.39. The molecular weight excluding hydrogens is 290 g/mol. The van der Waals surface area contributed by atoms with Crippen molar-refractivity contribution in [1.29, 1.82) is 0 Å². The number of anilines is 1. The van der Waals surface area contributed by atoms with Gasteiger partial charge in [0.05, 0.1) is 5.54 Å². The third-order valence-corrected chi connectivity index (χ3v) is 3.42. The molecule has 0 spiro atoms. The number of halogens is 1. The van der Waals surface area contributed by atoms with Gasteiger partial charge in [-0.15, -0.1) is 0 Å². The average molecular weight is 306 g/mol. The molecule has 2 rings (SSSR count). The molecular formula is C14H16BrN3. The van der Waals surface area contributed by atoms with Gasteiger partial charge >= 0.3 is 0 Å². The van der Waals surface area contributed by atoms with E-state index in [9.17, 15) is 0 Å². The molecule has 94 valence electrons. The summed E-state index contributed by atoms with van der Waals surface area (Å²) in [7, 11) is 0. The van der Waals surface area contributed by atoms with E-state index in [4.69, 9.17) is 5.73 Å². The van der Waals surface area contributed by atoms with Crippen LogP contribution in [0, 0.1) is 0 Å². The van der Waals surface area contributed by atoms with Crippen molar-refractivity contribution in [3.05, 3.63) is 58.7 Å². The summed E-state index contributed by atoms with van der Waals surface area (Å²) in [6.07, 6.45) is 1.77. The largest absolute Gasteiger partial charge is 0.360 e. The Balaban J connectivity index is 2.26. The summed E-state index contributed by atoms with van der Waals surface area (Å²) in [6.45, 7) is 2.57. The zero-order valence-electron chi connectivity index (χ0n) is 10.2. The van der Waals surface area contributed by atoms with E-state index in [1.54, 1.807) is 6.20 Å². The first-order valence-corrected chi connectivity index (χ1v) is 6.59. The Morgan fingerprint density at radius 3 is 2.50 bits per heavy atom. The number of aromatic nitrogens is 1. The molecule has 2 aromatic rings. The van der Waals surface area contributed by atoms with Crippen molar-refractivity contribution in [3.63, 3.8) is 0 Å². The van der Waals surface area contributed by atoms with Crippen molar-refractivity contribution >= 4 is 21.7 Å². The number of nitrogens with two attached hydrogens (primary N) is 1. The fraction of sp³-hybridized carbons (Fsp3) is 0.214. The predicted molar refractivity (Wildman–Crippen MR) is 78.4 cm³/mol. The van der Waals surface area contributed by atoms with Crippen LogP contribution >= 0.6 is 15.9 Å². The maximum absolute atomic E-state index is 5.92. The van der Waals surface area contributed by atoms with E-state index < -0.39 is 0 Å². The lowest BCUT2D eigenvalue weighted by molar-refractivity contribution is 0.554. The standard InChI is InChI=1S/C14H16BrN3/c1-14(10-16,11-5-3-2-4-6-11)18-13-8-7-12(15)9-17-13/h2-9H,10,16H2,1H3,(H,17,18). The lowest BCUT2D eigenvalue weighted by atomic mass is 9.92. The number of hydrogen-bond donors (Lipinski definition) is 2. The summed E-state index contributed by atoms with van der Waals surface area (Å²) in [6, 6.07) is 14.0. The molecule has 0 aliphatic heterocycles. The van der Waals surface area contributed by atoms with Gasteiger partial charge < -0.3 is 11.1 Å². The van der Waals surface area contributed by atoms with Gasteiger partial charge in [-0.05, 0) is 40.5 Å². The molecule has 0 amide bonds. The summed E-state index contributed by atoms with van der Waals surface area (Å²) < 4.78 is 0.960. The number of nitrogens with zero attached hydrogens (tertiary/aromatic N) is 1. The molecule has 1 atom stereocenters. The molecule has 1 aromatic heterocycles. The van der Waals surface area contributed by atoms with E-state index in [2.05, 4.69) is 45.3 Å². The Hall–Kier alpha value is -1.39. The SMILES string of the molecule is CC(CN)(Nc1ccc(Br)cn1)c1ccccc1. The van der Waals surface area contributed by atoms with Crippen molar-refractivity contribution in [1.82, 2.24) is 4.98 Å². The van der Waals surface area contributed by atoms with E-state index in [-0.39, 0.29) is 5.54 Å². The van der Waals surface area contributed by atoms with E-state index in [1.165, 1.54) is 0 Å². The van der Waals surface area contributed by atoms with Crippen molar-refractivity contribution in [2.45, 2.75) is 12.5 Å². The second kappa shape index (κ2) is 5.50. The Morgan fingerprint density at radius 2 is 1.94 bits per heavy atom. The summed E-state index contributed by atoms with van der Waals surface area (Å²) in [5.41, 5.74) is 6.75. The Labute approximate surface area is 116 Å². The molecule has 1 heterocycles. The first-order valence-electron chi connectivity index (χ1n) is 5.79. The van der Waals surface area contributed by atoms with Crippen LogP contribution in [0.5, 0.6) is 0 Å². The van der Waals surface area contributed by atoms with Crippen LogP contribution in [0.15, 0.2) is 53.1 Å². The van der Waals surface area contributed by atoms with Gasteiger partial charge in [0.2, 0.25) is 0 Å². The lowest BCUT2D eigenvalue weighted by Gasteiger charge is -2.30. The molecule has 0 saturated heterocycles. The number of rotatable bonds is 4. The van der Waals surface area contributed by atoms with Crippen LogP contribution in [0.3, 0.4) is 0 Å². The highest BCUT2D eigenvalue weighted by Crippen LogP contribution is 2.24. The van der Waals surface area contributed by atoms with Crippen LogP contribution in [0.1, 0.15) is 12.5 Å². The minimum absolute atomic E-state index is 0.317. The van der Waals surface area contributed by atoms with Gasteiger partial charge in [-0.2, -0.15) is 0 Å². The molecule has 0 saturated carbocycles. The fourth-order valence-corrected chi connectivity index (χ4v) is 2.01. The normalized spacial score (nSPS) is 13.9. The van der Waals surface area contributed by atoms with E-state index in [1.807, 2.05) is 30.3 Å². The first-order chi connectivity index (χ1) is 8.64. The van der Waals surface area contributed by atoms with Crippen LogP contribution < -0.4 is 11.1 Å². The van der Waals surface area contributed by atoms with Crippen molar-refractivity contribution < 1.29 is 0 Å². The number of benzene rings is 1. The van der Waals surface area contributed by atoms with E-state index in [0.717, 1.165) is 15.9 Å². The molecule has 0 radical (unpaired) electrons. The van der Waals surface area contributed by atoms with Gasteiger partial charge in [-0.25, -0.2) is 4.98 Å². The van der Waals surface area contributed by atoms with Crippen LogP contribution in [-0.2, 0) is 5.54 Å². The quantitative estimate of drug-likeness (QED) is 0.912. The van der Waals surface area contributed by atoms with E-state index in [0.29, 0.717) is 6.54 Å². The molecule has 4 heteroatoms. The van der Waals surface area contributed by atoms with Crippen LogP contribution in [0.4, 0.5) is 5.82 Å². The third-order valence-electron chi connectivity index (χ3n) is 2.95. The smallest absolute Gasteiger partial charge is 0.126 e. The van der Waals surface area contributed by atoms with Gasteiger partial charge in [0.15, 0.2) is 0 Å². The molecule has 3 N–H and O–H groups in total. The van der Waals surface area contributed by atoms with Crippen molar-refractivity contribution in [2.24, 2.45) is 5.73 Å². The second-order valence-corrected chi connectivity index (χ2v) is 5.30. The Morgan fingerprint density at radius 1 is 1.22 bits per heavy atom. The number of pyridine rings is 1. The van der Waals surface area contributed by atoms with Crippen molar-refractivity contribution in [3.8, 4) is 0 Å². The van der Waals surface area contributed by atoms with E-state index >= 15 is 0 Å². The van der Waals surface area contributed by atoms with Crippen LogP contribution in [0.2, 0.25) is 0 Å². The summed E-state index contributed by atoms with van der Waals surface area (Å²) in [5, 5.41) is 3.39. The monoisotopic (exact) mass is 305 g/mol. The molecule has 1 unspecified atom stereocenters. The van der Waals surface area contributed by atoms with Gasteiger partial charge in [0.25, 0.3) is 0 Å². The van der Waals surface area contributed by atoms with Gasteiger partial charge in [-0.1, -0.05) is 30.3 Å². The molecule has 1 aromatic carbocycles. The average Bonchev–Trinajstić information content (AvgIpc) is 2.42. The lowest BCUT2D eigenvalue weighted by Crippen LogP contribution is -2.39. The summed E-state index contributed by atoms with van der Waals surface area (Å²) in [5.74, 6) is 0.815. The molecule has 0 aliphatic rings. The van der Waals surface area contributed by atoms with Crippen LogP contribution in [0.25, 0.3) is 0 Å². The molecule has 18 heavy (non-hydrogen) atoms. The highest BCUT2D eigenvalue weighted by Gasteiger charge is 2.24. The highest BCUT2D eigenvalue weighted by atomic mass is 79.9. The first kappa shape index (κ1) is 13.1. The number of hydrogen-bond acceptors (Lipinski definition) is 3.